The van der Waals surface area contributed by atoms with E-state index >= 15 is 0 Å². The number of aromatic nitrogens is 1. The average Bonchev–Trinajstić information content (AvgIpc) is 2.91. The summed E-state index contributed by atoms with van der Waals surface area (Å²) in [5.41, 5.74) is 2.81. The summed E-state index contributed by atoms with van der Waals surface area (Å²) in [7, 11) is -3.77. The highest BCUT2D eigenvalue weighted by Crippen LogP contribution is 2.33. The van der Waals surface area contributed by atoms with Gasteiger partial charge < -0.3 is 5.32 Å². The highest BCUT2D eigenvalue weighted by atomic mass is 32.2. The topological polar surface area (TPSA) is 51.1 Å². The second-order valence-corrected chi connectivity index (χ2v) is 7.86. The molecule has 4 nitrogen and oxygen atoms in total. The van der Waals surface area contributed by atoms with Crippen LogP contribution in [0.4, 0.5) is 4.39 Å². The summed E-state index contributed by atoms with van der Waals surface area (Å²) in [5, 5.41) is 3.60. The van der Waals surface area contributed by atoms with Crippen molar-refractivity contribution in [3.8, 4) is 0 Å². The highest BCUT2D eigenvalue weighted by molar-refractivity contribution is 7.90. The van der Waals surface area contributed by atoms with Crippen molar-refractivity contribution in [2.24, 2.45) is 0 Å². The smallest absolute Gasteiger partial charge is 0.268 e. The van der Waals surface area contributed by atoms with E-state index in [9.17, 15) is 12.8 Å². The van der Waals surface area contributed by atoms with Crippen LogP contribution in [0.1, 0.15) is 16.8 Å². The third kappa shape index (κ3) is 2.17. The van der Waals surface area contributed by atoms with Crippen LogP contribution in [0.25, 0.3) is 10.9 Å². The van der Waals surface area contributed by atoms with E-state index in [0.29, 0.717) is 36.1 Å². The van der Waals surface area contributed by atoms with Gasteiger partial charge in [-0.15, -0.1) is 0 Å². The van der Waals surface area contributed by atoms with Gasteiger partial charge in [-0.05, 0) is 36.8 Å². The Kier molecular flexibility index (Phi) is 3.47. The Labute approximate surface area is 140 Å². The van der Waals surface area contributed by atoms with Gasteiger partial charge in [-0.3, -0.25) is 0 Å². The average molecular weight is 344 g/mol. The molecule has 0 unspecified atom stereocenters. The lowest BCUT2D eigenvalue weighted by molar-refractivity contribution is 0.580. The van der Waals surface area contributed by atoms with Crippen LogP contribution in [0.2, 0.25) is 0 Å². The molecule has 1 aliphatic rings. The van der Waals surface area contributed by atoms with Crippen molar-refractivity contribution in [3.63, 3.8) is 0 Å². The molecule has 1 N–H and O–H groups in total. The molecule has 1 aromatic heterocycles. The van der Waals surface area contributed by atoms with Crippen molar-refractivity contribution in [2.75, 3.05) is 6.54 Å². The third-order valence-electron chi connectivity index (χ3n) is 4.51. The Bertz CT molecular complexity index is 1040. The van der Waals surface area contributed by atoms with Crippen LogP contribution in [0.5, 0.6) is 0 Å². The zero-order chi connectivity index (χ0) is 16.9. The van der Waals surface area contributed by atoms with Gasteiger partial charge in [0.2, 0.25) is 0 Å². The minimum absolute atomic E-state index is 0.218. The Balaban J connectivity index is 2.07. The maximum Gasteiger partial charge on any atom is 0.268 e. The number of benzene rings is 2. The largest absolute Gasteiger partial charge is 0.312 e. The first-order valence-corrected chi connectivity index (χ1v) is 9.28. The van der Waals surface area contributed by atoms with Gasteiger partial charge in [0.1, 0.15) is 5.82 Å². The second-order valence-electron chi connectivity index (χ2n) is 6.07. The normalized spacial score (nSPS) is 14.8. The van der Waals surface area contributed by atoms with Crippen molar-refractivity contribution < 1.29 is 12.8 Å². The van der Waals surface area contributed by atoms with E-state index in [2.05, 4.69) is 5.32 Å². The molecule has 0 aliphatic carbocycles. The molecule has 2 heterocycles. The highest BCUT2D eigenvalue weighted by Gasteiger charge is 2.29. The predicted octanol–water partition coefficient (Wildman–Crippen LogP) is 2.97. The number of halogens is 1. The van der Waals surface area contributed by atoms with Crippen molar-refractivity contribution in [1.29, 1.82) is 0 Å². The SMILES string of the molecule is Cc1ccc(S(=O)(=O)n2c3c(c4c(F)cccc42)CNCC3)cc1. The van der Waals surface area contributed by atoms with Gasteiger partial charge in [-0.25, -0.2) is 16.8 Å². The molecule has 3 aromatic rings. The number of aryl methyl sites for hydroxylation is 1. The van der Waals surface area contributed by atoms with Gasteiger partial charge in [0.25, 0.3) is 10.0 Å². The Morgan fingerprint density at radius 3 is 2.62 bits per heavy atom. The first-order chi connectivity index (χ1) is 11.5. The van der Waals surface area contributed by atoms with E-state index in [0.717, 1.165) is 11.1 Å². The van der Waals surface area contributed by atoms with E-state index in [1.807, 2.05) is 6.92 Å². The van der Waals surface area contributed by atoms with E-state index < -0.39 is 10.0 Å². The van der Waals surface area contributed by atoms with Gasteiger partial charge in [0.15, 0.2) is 0 Å². The molecule has 0 saturated carbocycles. The fourth-order valence-electron chi connectivity index (χ4n) is 3.35. The van der Waals surface area contributed by atoms with Gasteiger partial charge >= 0.3 is 0 Å². The van der Waals surface area contributed by atoms with Crippen LogP contribution in [-0.4, -0.2) is 18.9 Å². The predicted molar refractivity (Wildman–Crippen MR) is 91.1 cm³/mol. The van der Waals surface area contributed by atoms with E-state index in [1.165, 1.54) is 10.0 Å². The number of nitrogens with zero attached hydrogens (tertiary/aromatic N) is 1. The fraction of sp³-hybridized carbons (Fsp3) is 0.222. The number of fused-ring (bicyclic) bond motifs is 3. The molecule has 0 fully saturated rings. The fourth-order valence-corrected chi connectivity index (χ4v) is 4.94. The molecular formula is C18H17FN2O2S. The summed E-state index contributed by atoms with van der Waals surface area (Å²) in [5.74, 6) is -0.384. The van der Waals surface area contributed by atoms with Crippen molar-refractivity contribution >= 4 is 20.9 Å². The summed E-state index contributed by atoms with van der Waals surface area (Å²) >= 11 is 0. The summed E-state index contributed by atoms with van der Waals surface area (Å²) in [6.07, 6.45) is 0.550. The van der Waals surface area contributed by atoms with Crippen LogP contribution in [0.3, 0.4) is 0 Å². The summed E-state index contributed by atoms with van der Waals surface area (Å²) < 4.78 is 42.2. The summed E-state index contributed by atoms with van der Waals surface area (Å²) in [6, 6.07) is 11.3. The first kappa shape index (κ1) is 15.4. The molecule has 2 aromatic carbocycles. The molecule has 24 heavy (non-hydrogen) atoms. The molecule has 0 saturated heterocycles. The summed E-state index contributed by atoms with van der Waals surface area (Å²) in [6.45, 7) is 3.06. The number of rotatable bonds is 2. The lowest BCUT2D eigenvalue weighted by Gasteiger charge is -2.17. The first-order valence-electron chi connectivity index (χ1n) is 7.84. The molecule has 1 aliphatic heterocycles. The number of nitrogens with one attached hydrogen (secondary N) is 1. The molecule has 124 valence electrons. The molecule has 4 rings (SSSR count). The minimum atomic E-state index is -3.77. The molecule has 0 amide bonds. The monoisotopic (exact) mass is 344 g/mol. The standard InChI is InChI=1S/C18H17FN2O2S/c1-12-5-7-13(8-6-12)24(22,23)21-16-9-10-20-11-14(16)18-15(19)3-2-4-17(18)21/h2-8,20H,9-11H2,1H3. The maximum atomic E-state index is 14.4. The molecular weight excluding hydrogens is 327 g/mol. The number of hydrogen-bond donors (Lipinski definition) is 1. The summed E-state index contributed by atoms with van der Waals surface area (Å²) in [4.78, 5) is 0.218. The quantitative estimate of drug-likeness (QED) is 0.778. The Hall–Kier alpha value is -2.18. The van der Waals surface area contributed by atoms with Crippen LogP contribution in [0, 0.1) is 12.7 Å². The van der Waals surface area contributed by atoms with Crippen LogP contribution in [0.15, 0.2) is 47.4 Å². The van der Waals surface area contributed by atoms with Gasteiger partial charge in [0, 0.05) is 30.6 Å². The Morgan fingerprint density at radius 1 is 1.12 bits per heavy atom. The maximum absolute atomic E-state index is 14.4. The van der Waals surface area contributed by atoms with Gasteiger partial charge in [0.05, 0.1) is 10.4 Å². The Morgan fingerprint density at radius 2 is 1.88 bits per heavy atom. The van der Waals surface area contributed by atoms with E-state index in [-0.39, 0.29) is 10.7 Å². The minimum Gasteiger partial charge on any atom is -0.312 e. The van der Waals surface area contributed by atoms with E-state index in [4.69, 9.17) is 0 Å². The van der Waals surface area contributed by atoms with Gasteiger partial charge in [-0.1, -0.05) is 23.8 Å². The van der Waals surface area contributed by atoms with Crippen LogP contribution >= 0.6 is 0 Å². The molecule has 0 radical (unpaired) electrons. The van der Waals surface area contributed by atoms with Crippen molar-refractivity contribution in [3.05, 3.63) is 65.1 Å². The van der Waals surface area contributed by atoms with Crippen molar-refractivity contribution in [2.45, 2.75) is 24.8 Å². The van der Waals surface area contributed by atoms with Crippen LogP contribution < -0.4 is 5.32 Å². The molecule has 0 bridgehead atoms. The lowest BCUT2D eigenvalue weighted by atomic mass is 10.1. The van der Waals surface area contributed by atoms with E-state index in [1.54, 1.807) is 36.4 Å². The van der Waals surface area contributed by atoms with Crippen molar-refractivity contribution in [1.82, 2.24) is 9.29 Å². The zero-order valence-electron chi connectivity index (χ0n) is 13.2. The van der Waals surface area contributed by atoms with Gasteiger partial charge in [-0.2, -0.15) is 0 Å². The number of hydrogen-bond acceptors (Lipinski definition) is 3. The lowest BCUT2D eigenvalue weighted by Crippen LogP contribution is -2.26. The third-order valence-corrected chi connectivity index (χ3v) is 6.27. The molecule has 6 heteroatoms. The molecule has 0 atom stereocenters. The van der Waals surface area contributed by atoms with Crippen LogP contribution in [-0.2, 0) is 23.0 Å². The second kappa shape index (κ2) is 5.43. The zero-order valence-corrected chi connectivity index (χ0v) is 14.0. The molecule has 0 spiro atoms.